The number of hydrogen-bond acceptors (Lipinski definition) is 6. The van der Waals surface area contributed by atoms with Crippen LogP contribution in [0, 0.1) is 5.41 Å². The molecule has 0 aliphatic rings. The van der Waals surface area contributed by atoms with Crippen LogP contribution in [0.4, 0.5) is 0 Å². The first-order chi connectivity index (χ1) is 13.1. The summed E-state index contributed by atoms with van der Waals surface area (Å²) < 4.78 is 32.9. The second kappa shape index (κ2) is 16.3. The van der Waals surface area contributed by atoms with E-state index in [1.165, 1.54) is 0 Å². The van der Waals surface area contributed by atoms with Gasteiger partial charge in [0.05, 0.1) is 5.97 Å². The third kappa shape index (κ3) is 11.5. The van der Waals surface area contributed by atoms with E-state index in [0.29, 0.717) is 25.7 Å². The summed E-state index contributed by atoms with van der Waals surface area (Å²) in [5, 5.41) is 21.0. The van der Waals surface area contributed by atoms with Gasteiger partial charge in [0.2, 0.25) is 0 Å². The molecular weight excluding hydrogens is 492 g/mol. The van der Waals surface area contributed by atoms with Crippen LogP contribution in [0.5, 0.6) is 0 Å². The van der Waals surface area contributed by atoms with Crippen LogP contribution in [0.1, 0.15) is 104 Å². The van der Waals surface area contributed by atoms with Crippen molar-refractivity contribution in [2.45, 2.75) is 109 Å². The van der Waals surface area contributed by atoms with Gasteiger partial charge in [-0.25, -0.2) is 0 Å². The van der Waals surface area contributed by atoms with Gasteiger partial charge in [-0.3, -0.25) is 4.55 Å². The Hall–Kier alpha value is -0.410. The van der Waals surface area contributed by atoms with E-state index in [4.69, 9.17) is 0 Å². The van der Waals surface area contributed by atoms with Gasteiger partial charge in [-0.1, -0.05) is 90.9 Å². The number of carbonyl (C=O) groups is 2. The normalized spacial score (nSPS) is 12.9. The number of carbonyl (C=O) groups excluding carboxylic acids is 2. The zero-order valence-electron chi connectivity index (χ0n) is 17.6. The fourth-order valence-electron chi connectivity index (χ4n) is 3.77. The standard InChI is InChI=1S/C20H38O7S.Ag/c1-3-5-7-9-11-13-15-20(19(23)24,16-14-12-10-8-6-4-2)17(18(21)22)28(25,26)27;/h17H,3-16H2,1-2H3,(H,21,22)(H,23,24)(H,25,26,27);/p-2. The first-order valence-corrected chi connectivity index (χ1v) is 12.0. The minimum absolute atomic E-state index is 0. The molecule has 29 heavy (non-hydrogen) atoms. The summed E-state index contributed by atoms with van der Waals surface area (Å²) >= 11 is 0. The van der Waals surface area contributed by atoms with Gasteiger partial charge < -0.3 is 19.8 Å². The quantitative estimate of drug-likeness (QED) is 0.164. The predicted molar refractivity (Wildman–Crippen MR) is 104 cm³/mol. The molecule has 0 aliphatic heterocycles. The minimum atomic E-state index is -5.15. The van der Waals surface area contributed by atoms with Crippen molar-refractivity contribution in [3.63, 3.8) is 0 Å². The summed E-state index contributed by atoms with van der Waals surface area (Å²) in [7, 11) is -5.15. The molecule has 0 aromatic heterocycles. The number of rotatable bonds is 18. The molecule has 0 heterocycles. The summed E-state index contributed by atoms with van der Waals surface area (Å²) in [5.74, 6) is -3.84. The van der Waals surface area contributed by atoms with E-state index in [1.807, 2.05) is 0 Å². The van der Waals surface area contributed by atoms with Crippen molar-refractivity contribution in [1.29, 1.82) is 0 Å². The molecule has 0 rings (SSSR count). The Labute approximate surface area is 191 Å². The molecule has 0 amide bonds. The largest absolute Gasteiger partial charge is 0.549 e. The van der Waals surface area contributed by atoms with Crippen molar-refractivity contribution in [2.75, 3.05) is 0 Å². The summed E-state index contributed by atoms with van der Waals surface area (Å²) in [4.78, 5) is 23.5. The molecule has 1 unspecified atom stereocenters. The predicted octanol–water partition coefficient (Wildman–Crippen LogP) is 2.23. The fourth-order valence-corrected chi connectivity index (χ4v) is 4.92. The summed E-state index contributed by atoms with van der Waals surface area (Å²) in [6, 6.07) is 0. The molecule has 0 spiro atoms. The molecule has 0 saturated heterocycles. The maximum Gasteiger partial charge on any atom is 0.274 e. The van der Waals surface area contributed by atoms with E-state index in [-0.39, 0.29) is 35.2 Å². The molecule has 1 radical (unpaired) electrons. The van der Waals surface area contributed by atoms with Crippen molar-refractivity contribution in [2.24, 2.45) is 5.41 Å². The van der Waals surface area contributed by atoms with Gasteiger partial charge in [-0.2, -0.15) is 8.42 Å². The molecule has 7 nitrogen and oxygen atoms in total. The van der Waals surface area contributed by atoms with Crippen LogP contribution in [0.15, 0.2) is 0 Å². The van der Waals surface area contributed by atoms with Crippen LogP contribution >= 0.6 is 0 Å². The van der Waals surface area contributed by atoms with Crippen molar-refractivity contribution in [3.05, 3.63) is 0 Å². The Balaban J connectivity index is 0. The number of hydrogen-bond donors (Lipinski definition) is 1. The second-order valence-electron chi connectivity index (χ2n) is 7.69. The monoisotopic (exact) mass is 527 g/mol. The SMILES string of the molecule is CCCCCCCCC(CCCCCCCC)(C(=O)[O-])C(C(=O)[O-])S(=O)(=O)O.[Ag]. The Morgan fingerprint density at radius 1 is 0.793 bits per heavy atom. The second-order valence-corrected chi connectivity index (χ2v) is 9.19. The van der Waals surface area contributed by atoms with Crippen LogP contribution in [0.25, 0.3) is 0 Å². The molecule has 177 valence electrons. The van der Waals surface area contributed by atoms with Gasteiger partial charge in [0.25, 0.3) is 10.1 Å². The summed E-state index contributed by atoms with van der Waals surface area (Å²) in [6.07, 6.45) is 9.57. The molecule has 0 aliphatic carbocycles. The molecule has 1 atom stereocenters. The number of carboxylic acid groups (broad SMARTS) is 2. The Morgan fingerprint density at radius 2 is 1.14 bits per heavy atom. The van der Waals surface area contributed by atoms with Crippen molar-refractivity contribution < 1.29 is 55.2 Å². The average molecular weight is 528 g/mol. The molecule has 1 N–H and O–H groups in total. The molecule has 0 aromatic rings. The fraction of sp³-hybridized carbons (Fsp3) is 0.900. The third-order valence-corrected chi connectivity index (χ3v) is 6.61. The molecule has 0 aromatic carbocycles. The first kappa shape index (κ1) is 30.8. The van der Waals surface area contributed by atoms with Gasteiger partial charge >= 0.3 is 0 Å². The van der Waals surface area contributed by atoms with Crippen molar-refractivity contribution >= 4 is 22.1 Å². The van der Waals surface area contributed by atoms with Crippen LogP contribution in [-0.4, -0.2) is 30.2 Å². The van der Waals surface area contributed by atoms with E-state index in [9.17, 15) is 32.8 Å². The molecule has 0 saturated carbocycles. The van der Waals surface area contributed by atoms with Gasteiger partial charge in [-0.05, 0) is 12.8 Å². The Kier molecular flexibility index (Phi) is 17.3. The average Bonchev–Trinajstić information content (AvgIpc) is 2.58. The number of unbranched alkanes of at least 4 members (excludes halogenated alkanes) is 10. The smallest absolute Gasteiger partial charge is 0.274 e. The van der Waals surface area contributed by atoms with Gasteiger partial charge in [0.15, 0.2) is 0 Å². The van der Waals surface area contributed by atoms with Crippen molar-refractivity contribution in [3.8, 4) is 0 Å². The van der Waals surface area contributed by atoms with Crippen LogP contribution in [0.3, 0.4) is 0 Å². The van der Waals surface area contributed by atoms with Crippen LogP contribution in [0.2, 0.25) is 0 Å². The maximum absolute atomic E-state index is 12.0. The third-order valence-electron chi connectivity index (χ3n) is 5.37. The zero-order valence-corrected chi connectivity index (χ0v) is 19.9. The van der Waals surface area contributed by atoms with Gasteiger partial charge in [0, 0.05) is 33.8 Å². The maximum atomic E-state index is 12.0. The van der Waals surface area contributed by atoms with E-state index < -0.39 is 32.7 Å². The van der Waals surface area contributed by atoms with Gasteiger partial charge in [0.1, 0.15) is 5.25 Å². The molecule has 9 heteroatoms. The Bertz CT molecular complexity index is 547. The Morgan fingerprint density at radius 3 is 1.41 bits per heavy atom. The number of carboxylic acids is 2. The van der Waals surface area contributed by atoms with E-state index in [0.717, 1.165) is 51.4 Å². The topological polar surface area (TPSA) is 135 Å². The number of aliphatic carboxylic acids is 2. The molecular formula is C20H36AgO7S-2. The van der Waals surface area contributed by atoms with Crippen molar-refractivity contribution in [1.82, 2.24) is 0 Å². The van der Waals surface area contributed by atoms with Gasteiger partial charge in [-0.15, -0.1) is 0 Å². The summed E-state index contributed by atoms with van der Waals surface area (Å²) in [6.45, 7) is 4.14. The van der Waals surface area contributed by atoms with E-state index in [1.54, 1.807) is 0 Å². The molecule has 0 fully saturated rings. The zero-order chi connectivity index (χ0) is 21.6. The van der Waals surface area contributed by atoms with Crippen LogP contribution < -0.4 is 10.2 Å². The summed E-state index contributed by atoms with van der Waals surface area (Å²) in [5.41, 5.74) is -2.18. The van der Waals surface area contributed by atoms with Crippen LogP contribution in [-0.2, 0) is 42.1 Å². The molecule has 0 bridgehead atoms. The van der Waals surface area contributed by atoms with E-state index >= 15 is 0 Å². The minimum Gasteiger partial charge on any atom is -0.549 e. The van der Waals surface area contributed by atoms with E-state index in [2.05, 4.69) is 13.8 Å². The first-order valence-electron chi connectivity index (χ1n) is 10.5.